The second-order valence-electron chi connectivity index (χ2n) is 5.44. The number of hydrogen-bond donors (Lipinski definition) is 3. The van der Waals surface area contributed by atoms with Gasteiger partial charge >= 0.3 is 7.12 Å². The first-order chi connectivity index (χ1) is 12.3. The second-order valence-corrected chi connectivity index (χ2v) is 5.44. The molecule has 1 aromatic heterocycles. The van der Waals surface area contributed by atoms with Crippen LogP contribution in [0, 0.1) is 11.6 Å². The molecule has 6 nitrogen and oxygen atoms in total. The van der Waals surface area contributed by atoms with Gasteiger partial charge < -0.3 is 20.5 Å². The van der Waals surface area contributed by atoms with Crippen LogP contribution in [0.1, 0.15) is 18.2 Å². The monoisotopic (exact) mass is 361 g/mol. The van der Waals surface area contributed by atoms with Crippen LogP contribution in [-0.4, -0.2) is 35.5 Å². The molecule has 1 heterocycles. The third-order valence-electron chi connectivity index (χ3n) is 3.57. The molecule has 0 amide bonds. The van der Waals surface area contributed by atoms with E-state index in [1.807, 2.05) is 0 Å². The number of ether oxygens (including phenoxy) is 1. The summed E-state index contributed by atoms with van der Waals surface area (Å²) in [6, 6.07) is 7.50. The maximum absolute atomic E-state index is 14.3. The van der Waals surface area contributed by atoms with E-state index in [-0.39, 0.29) is 23.4 Å². The highest BCUT2D eigenvalue weighted by molar-refractivity contribution is 6.58. The lowest BCUT2D eigenvalue weighted by molar-refractivity contribution is 0.396. The van der Waals surface area contributed by atoms with Gasteiger partial charge in [-0.25, -0.2) is 13.8 Å². The van der Waals surface area contributed by atoms with E-state index in [9.17, 15) is 8.78 Å². The van der Waals surface area contributed by atoms with Crippen molar-refractivity contribution in [2.45, 2.75) is 13.5 Å². The lowest BCUT2D eigenvalue weighted by Gasteiger charge is -2.10. The Balaban J connectivity index is 2.30. The third-order valence-corrected chi connectivity index (χ3v) is 3.57. The quantitative estimate of drug-likeness (QED) is 0.527. The van der Waals surface area contributed by atoms with E-state index < -0.39 is 24.2 Å². The number of hydrogen-bond acceptors (Lipinski definition) is 6. The molecule has 0 saturated carbocycles. The third kappa shape index (κ3) is 4.44. The molecule has 0 bridgehead atoms. The molecule has 0 unspecified atom stereocenters. The van der Waals surface area contributed by atoms with Crippen molar-refractivity contribution in [3.63, 3.8) is 0 Å². The Hall–Kier alpha value is -2.78. The van der Waals surface area contributed by atoms with E-state index in [0.717, 1.165) is 6.07 Å². The van der Waals surface area contributed by atoms with Gasteiger partial charge in [0, 0.05) is 34.6 Å². The molecule has 0 fully saturated rings. The molecule has 2 rings (SSSR count). The largest absolute Gasteiger partial charge is 0.491 e. The minimum Gasteiger partial charge on any atom is -0.481 e. The van der Waals surface area contributed by atoms with Gasteiger partial charge in [0.1, 0.15) is 0 Å². The number of allylic oxidation sites excluding steroid dienone is 2. The first-order valence-electron chi connectivity index (χ1n) is 7.65. The molecule has 2 aromatic rings. The van der Waals surface area contributed by atoms with Crippen molar-refractivity contribution in [3.05, 3.63) is 58.9 Å². The summed E-state index contributed by atoms with van der Waals surface area (Å²) in [5, 5.41) is 18.1. The van der Waals surface area contributed by atoms with Crippen LogP contribution in [-0.2, 0) is 6.54 Å². The first kappa shape index (κ1) is 19.5. The number of methoxy groups -OCH3 is 1. The summed E-state index contributed by atoms with van der Waals surface area (Å²) in [6.07, 6.45) is 1.32. The van der Waals surface area contributed by atoms with E-state index in [1.165, 1.54) is 26.3 Å². The predicted octanol–water partition coefficient (Wildman–Crippen LogP) is 1.01. The Morgan fingerprint density at radius 2 is 2.00 bits per heavy atom. The van der Waals surface area contributed by atoms with Gasteiger partial charge in [0.25, 0.3) is 0 Å². The molecular weight excluding hydrogens is 343 g/mol. The van der Waals surface area contributed by atoms with E-state index in [4.69, 9.17) is 20.5 Å². The van der Waals surface area contributed by atoms with Crippen LogP contribution >= 0.6 is 0 Å². The summed E-state index contributed by atoms with van der Waals surface area (Å²) in [6.45, 7) is 1.71. The van der Waals surface area contributed by atoms with Gasteiger partial charge in [-0.1, -0.05) is 18.2 Å². The number of aromatic nitrogens is 1. The zero-order valence-electron chi connectivity index (χ0n) is 14.3. The maximum atomic E-state index is 14.3. The number of pyridine rings is 1. The molecule has 1 aromatic carbocycles. The first-order valence-corrected chi connectivity index (χ1v) is 7.65. The summed E-state index contributed by atoms with van der Waals surface area (Å²) >= 11 is 0. The molecule has 0 spiro atoms. The van der Waals surface area contributed by atoms with Crippen LogP contribution in [0.15, 0.2) is 41.0 Å². The fourth-order valence-electron chi connectivity index (χ4n) is 2.25. The second kappa shape index (κ2) is 8.55. The van der Waals surface area contributed by atoms with E-state index in [1.54, 1.807) is 18.2 Å². The van der Waals surface area contributed by atoms with Gasteiger partial charge in [0.05, 0.1) is 19.3 Å². The standard InChI is InChI=1S/C17H18BF2N3O3/c1-10(21)13(9-22-8-11-4-3-5-15(23-11)26-2)12-6-7-14(18(24)25)17(20)16(12)19/h3-7,9,24-25H,8,21H2,1-2H3/b13-10+,22-9?. The minimum atomic E-state index is -2.11. The topological polar surface area (TPSA) is 101 Å². The maximum Gasteiger partial charge on any atom is 0.491 e. The zero-order chi connectivity index (χ0) is 19.3. The van der Waals surface area contributed by atoms with Gasteiger partial charge in [0.15, 0.2) is 11.6 Å². The molecule has 4 N–H and O–H groups in total. The van der Waals surface area contributed by atoms with Crippen LogP contribution in [0.4, 0.5) is 8.78 Å². The van der Waals surface area contributed by atoms with Gasteiger partial charge in [-0.2, -0.15) is 0 Å². The average molecular weight is 361 g/mol. The molecule has 0 radical (unpaired) electrons. The Morgan fingerprint density at radius 1 is 1.27 bits per heavy atom. The number of nitrogens with two attached hydrogens (primary N) is 1. The number of benzene rings is 1. The van der Waals surface area contributed by atoms with Crippen LogP contribution in [0.2, 0.25) is 0 Å². The van der Waals surface area contributed by atoms with Crippen LogP contribution < -0.4 is 15.9 Å². The molecule has 0 atom stereocenters. The average Bonchev–Trinajstić information content (AvgIpc) is 2.61. The van der Waals surface area contributed by atoms with Crippen molar-refractivity contribution in [3.8, 4) is 5.88 Å². The lowest BCUT2D eigenvalue weighted by Crippen LogP contribution is -2.33. The summed E-state index contributed by atoms with van der Waals surface area (Å²) in [5.74, 6) is -2.14. The van der Waals surface area contributed by atoms with Crippen molar-refractivity contribution >= 4 is 24.4 Å². The molecule has 9 heteroatoms. The molecular formula is C17H18BF2N3O3. The Labute approximate surface area is 149 Å². The lowest BCUT2D eigenvalue weighted by atomic mass is 9.79. The van der Waals surface area contributed by atoms with E-state index >= 15 is 0 Å². The van der Waals surface area contributed by atoms with Crippen LogP contribution in [0.5, 0.6) is 5.88 Å². The minimum absolute atomic E-state index is 0.130. The van der Waals surface area contributed by atoms with Crippen molar-refractivity contribution in [2.75, 3.05) is 7.11 Å². The van der Waals surface area contributed by atoms with Gasteiger partial charge in [-0.15, -0.1) is 0 Å². The predicted molar refractivity (Wildman–Crippen MR) is 96.0 cm³/mol. The molecule has 136 valence electrons. The molecule has 0 saturated heterocycles. The Bertz CT molecular complexity index is 853. The van der Waals surface area contributed by atoms with Gasteiger partial charge in [-0.3, -0.25) is 4.99 Å². The van der Waals surface area contributed by atoms with Crippen molar-refractivity contribution in [1.29, 1.82) is 0 Å². The zero-order valence-corrected chi connectivity index (χ0v) is 14.3. The number of halogens is 2. The summed E-state index contributed by atoms with van der Waals surface area (Å²) < 4.78 is 33.3. The number of nitrogens with zero attached hydrogens (tertiary/aromatic N) is 2. The number of rotatable bonds is 6. The highest BCUT2D eigenvalue weighted by Gasteiger charge is 2.23. The Morgan fingerprint density at radius 3 is 2.62 bits per heavy atom. The van der Waals surface area contributed by atoms with E-state index in [2.05, 4.69) is 9.98 Å². The summed E-state index contributed by atoms with van der Waals surface area (Å²) in [7, 11) is -0.615. The van der Waals surface area contributed by atoms with Crippen molar-refractivity contribution in [1.82, 2.24) is 4.98 Å². The number of aliphatic imine (C=N–C) groups is 1. The molecule has 26 heavy (non-hydrogen) atoms. The van der Waals surface area contributed by atoms with Crippen molar-refractivity contribution < 1.29 is 23.6 Å². The van der Waals surface area contributed by atoms with Crippen LogP contribution in [0.25, 0.3) is 5.57 Å². The fourth-order valence-corrected chi connectivity index (χ4v) is 2.25. The van der Waals surface area contributed by atoms with Gasteiger partial charge in [-0.05, 0) is 13.0 Å². The molecule has 0 aliphatic heterocycles. The smallest absolute Gasteiger partial charge is 0.481 e. The fraction of sp³-hybridized carbons (Fsp3) is 0.176. The molecule has 0 aliphatic rings. The SMILES string of the molecule is COc1cccc(CN=C/C(=C(/C)N)c2ccc(B(O)O)c(F)c2F)n1. The highest BCUT2D eigenvalue weighted by atomic mass is 19.2. The van der Waals surface area contributed by atoms with E-state index in [0.29, 0.717) is 11.6 Å². The summed E-state index contributed by atoms with van der Waals surface area (Å²) in [4.78, 5) is 8.37. The highest BCUT2D eigenvalue weighted by Crippen LogP contribution is 2.20. The Kier molecular flexibility index (Phi) is 6.43. The summed E-state index contributed by atoms with van der Waals surface area (Å²) in [5.41, 5.74) is 6.12. The van der Waals surface area contributed by atoms with Crippen molar-refractivity contribution in [2.24, 2.45) is 10.7 Å². The molecule has 0 aliphatic carbocycles. The van der Waals surface area contributed by atoms with Crippen LogP contribution in [0.3, 0.4) is 0 Å². The normalized spacial score (nSPS) is 12.2. The van der Waals surface area contributed by atoms with Gasteiger partial charge in [0.2, 0.25) is 5.88 Å².